The number of esters is 1. The van der Waals surface area contributed by atoms with Crippen molar-refractivity contribution in [2.45, 2.75) is 150 Å². The molecule has 11 atom stereocenters. The third-order valence-corrected chi connectivity index (χ3v) is 13.8. The van der Waals surface area contributed by atoms with Gasteiger partial charge < -0.3 is 15.2 Å². The Labute approximate surface area is 250 Å². The van der Waals surface area contributed by atoms with Gasteiger partial charge in [-0.05, 0) is 129 Å². The molecule has 5 rings (SSSR count). The first-order valence-electron chi connectivity index (χ1n) is 17.7. The Hall–Kier alpha value is -1.10. The number of amides is 1. The summed E-state index contributed by atoms with van der Waals surface area (Å²) in [7, 11) is 0. The molecule has 7 unspecified atom stereocenters. The summed E-state index contributed by atoms with van der Waals surface area (Å²) in [5.74, 6) is 4.04. The minimum atomic E-state index is -0.244. The first-order chi connectivity index (χ1) is 19.6. The lowest BCUT2D eigenvalue weighted by atomic mass is 9.43. The van der Waals surface area contributed by atoms with Crippen LogP contribution in [0, 0.1) is 58.2 Å². The lowest BCUT2D eigenvalue weighted by Crippen LogP contribution is -2.58. The highest BCUT2D eigenvalue weighted by Crippen LogP contribution is 2.68. The molecule has 0 heterocycles. The summed E-state index contributed by atoms with van der Waals surface area (Å²) in [6.45, 7) is 12.3. The van der Waals surface area contributed by atoms with Crippen molar-refractivity contribution in [1.29, 1.82) is 0 Å². The summed E-state index contributed by atoms with van der Waals surface area (Å²) in [4.78, 5) is 25.2. The number of nitrogens with one attached hydrogen (secondary N) is 1. The van der Waals surface area contributed by atoms with Gasteiger partial charge in [-0.25, -0.2) is 0 Å². The van der Waals surface area contributed by atoms with Crippen LogP contribution in [0.3, 0.4) is 0 Å². The van der Waals surface area contributed by atoms with E-state index in [1.165, 1.54) is 57.8 Å². The molecule has 0 spiro atoms. The molecule has 1 amide bonds. The summed E-state index contributed by atoms with van der Waals surface area (Å²) < 4.78 is 5.97. The maximum absolute atomic E-state index is 12.7. The average molecular weight is 572 g/mol. The van der Waals surface area contributed by atoms with Gasteiger partial charge in [-0.1, -0.05) is 53.9 Å². The number of aliphatic hydroxyl groups excluding tert-OH is 1. The van der Waals surface area contributed by atoms with Crippen molar-refractivity contribution in [2.24, 2.45) is 58.2 Å². The van der Waals surface area contributed by atoms with Crippen LogP contribution in [0.1, 0.15) is 137 Å². The van der Waals surface area contributed by atoms with Crippen LogP contribution in [0.5, 0.6) is 0 Å². The molecular weight excluding hydrogens is 510 g/mol. The Kier molecular flexibility index (Phi) is 9.83. The van der Waals surface area contributed by atoms with Gasteiger partial charge in [-0.15, -0.1) is 0 Å². The molecule has 0 saturated heterocycles. The minimum absolute atomic E-state index is 0.0174. The predicted octanol–water partition coefficient (Wildman–Crippen LogP) is 7.69. The van der Waals surface area contributed by atoms with Crippen molar-refractivity contribution >= 4 is 11.9 Å². The fourth-order valence-electron chi connectivity index (χ4n) is 11.0. The van der Waals surface area contributed by atoms with E-state index in [1.54, 1.807) is 0 Å². The first kappa shape index (κ1) is 31.3. The van der Waals surface area contributed by atoms with Crippen LogP contribution >= 0.6 is 0 Å². The molecule has 0 aromatic rings. The molecule has 41 heavy (non-hydrogen) atoms. The number of carbonyl (C=O) groups is 2. The van der Waals surface area contributed by atoms with Gasteiger partial charge in [-0.3, -0.25) is 9.59 Å². The Morgan fingerprint density at radius 1 is 0.927 bits per heavy atom. The zero-order valence-electron chi connectivity index (χ0n) is 27.0. The van der Waals surface area contributed by atoms with Crippen LogP contribution in [0.25, 0.3) is 0 Å². The number of ether oxygens (including phenoxy) is 1. The van der Waals surface area contributed by atoms with Crippen LogP contribution < -0.4 is 5.32 Å². The second-order valence-corrected chi connectivity index (χ2v) is 16.0. The highest BCUT2D eigenvalue weighted by Gasteiger charge is 2.63. The second-order valence-electron chi connectivity index (χ2n) is 16.0. The van der Waals surface area contributed by atoms with Gasteiger partial charge in [0.2, 0.25) is 5.91 Å². The maximum atomic E-state index is 12.7. The van der Waals surface area contributed by atoms with Crippen LogP contribution in [0.15, 0.2) is 0 Å². The molecule has 5 heteroatoms. The van der Waals surface area contributed by atoms with Crippen molar-refractivity contribution in [3.8, 4) is 0 Å². The van der Waals surface area contributed by atoms with Gasteiger partial charge in [0.1, 0.15) is 6.10 Å². The summed E-state index contributed by atoms with van der Waals surface area (Å²) in [5, 5.41) is 15.0. The van der Waals surface area contributed by atoms with Gasteiger partial charge in [0, 0.05) is 13.0 Å². The highest BCUT2D eigenvalue weighted by atomic mass is 16.5. The molecule has 5 aliphatic rings. The first-order valence-corrected chi connectivity index (χ1v) is 17.7. The van der Waals surface area contributed by atoms with E-state index in [2.05, 4.69) is 26.1 Å². The standard InChI is InChI=1S/C36H61NO4/c1-6-23(2)34(40)41-27-16-18-35(4)26(20-27)21-31(38)33-29-14-13-28(36(29,5)19-17-30(33)35)24(3)12-15-32(39)37-22-25-10-8-7-9-11-25/h23-31,33,38H,6-22H2,1-5H3,(H,37,39)/t23?,24?,26?,27-,28?,29?,30?,31+,33?,35-,36+/m0/s1. The van der Waals surface area contributed by atoms with Gasteiger partial charge in [0.05, 0.1) is 12.0 Å². The van der Waals surface area contributed by atoms with Crippen molar-refractivity contribution in [2.75, 3.05) is 6.54 Å². The number of carbonyl (C=O) groups excluding carboxylic acids is 2. The third kappa shape index (κ3) is 6.27. The number of aliphatic hydroxyl groups is 1. The smallest absolute Gasteiger partial charge is 0.308 e. The molecule has 2 N–H and O–H groups in total. The largest absolute Gasteiger partial charge is 0.462 e. The predicted molar refractivity (Wildman–Crippen MR) is 164 cm³/mol. The fraction of sp³-hybridized carbons (Fsp3) is 0.944. The average Bonchev–Trinajstić information content (AvgIpc) is 3.32. The summed E-state index contributed by atoms with van der Waals surface area (Å²) in [6, 6.07) is 0. The van der Waals surface area contributed by atoms with Crippen LogP contribution in [0.2, 0.25) is 0 Å². The van der Waals surface area contributed by atoms with E-state index in [4.69, 9.17) is 4.74 Å². The van der Waals surface area contributed by atoms with Crippen LogP contribution in [-0.2, 0) is 14.3 Å². The second kappa shape index (κ2) is 12.9. The quantitative estimate of drug-likeness (QED) is 0.278. The lowest BCUT2D eigenvalue weighted by Gasteiger charge is -2.62. The Balaban J connectivity index is 1.17. The van der Waals surface area contributed by atoms with E-state index in [-0.39, 0.29) is 40.8 Å². The molecule has 0 bridgehead atoms. The molecule has 0 radical (unpaired) electrons. The van der Waals surface area contributed by atoms with Gasteiger partial charge in [0.15, 0.2) is 0 Å². The van der Waals surface area contributed by atoms with Crippen molar-refractivity contribution < 1.29 is 19.4 Å². The molecule has 0 aliphatic heterocycles. The topological polar surface area (TPSA) is 75.6 Å². The summed E-state index contributed by atoms with van der Waals surface area (Å²) >= 11 is 0. The number of rotatable bonds is 9. The zero-order valence-corrected chi connectivity index (χ0v) is 27.0. The Morgan fingerprint density at radius 2 is 1.63 bits per heavy atom. The van der Waals surface area contributed by atoms with Crippen LogP contribution in [-0.4, -0.2) is 35.7 Å². The molecule has 234 valence electrons. The van der Waals surface area contributed by atoms with Crippen molar-refractivity contribution in [3.63, 3.8) is 0 Å². The third-order valence-electron chi connectivity index (χ3n) is 13.8. The van der Waals surface area contributed by atoms with Gasteiger partial charge in [-0.2, -0.15) is 0 Å². The number of hydrogen-bond acceptors (Lipinski definition) is 4. The Bertz CT molecular complexity index is 915. The van der Waals surface area contributed by atoms with Crippen molar-refractivity contribution in [1.82, 2.24) is 5.32 Å². The molecule has 0 aromatic heterocycles. The highest BCUT2D eigenvalue weighted by molar-refractivity contribution is 5.75. The Morgan fingerprint density at radius 3 is 2.37 bits per heavy atom. The van der Waals surface area contributed by atoms with E-state index in [0.29, 0.717) is 47.8 Å². The SMILES string of the molecule is CCC(C)C(=O)O[C@H]1CC[C@@]2(C)C(C1)C[C@@H](O)C1C3CCC(C(C)CCC(=O)NCC4CCCCC4)[C@@]3(C)CCC12. The van der Waals surface area contributed by atoms with Crippen LogP contribution in [0.4, 0.5) is 0 Å². The van der Waals surface area contributed by atoms with E-state index in [1.807, 2.05) is 13.8 Å². The molecule has 5 nitrogen and oxygen atoms in total. The van der Waals surface area contributed by atoms with Crippen molar-refractivity contribution in [3.05, 3.63) is 0 Å². The number of hydrogen-bond donors (Lipinski definition) is 2. The lowest BCUT2D eigenvalue weighted by molar-refractivity contribution is -0.184. The van der Waals surface area contributed by atoms with E-state index < -0.39 is 0 Å². The summed E-state index contributed by atoms with van der Waals surface area (Å²) in [6.07, 6.45) is 17.6. The van der Waals surface area contributed by atoms with E-state index >= 15 is 0 Å². The van der Waals surface area contributed by atoms with Gasteiger partial charge in [0.25, 0.3) is 0 Å². The summed E-state index contributed by atoms with van der Waals surface area (Å²) in [5.41, 5.74) is 0.511. The fourth-order valence-corrected chi connectivity index (χ4v) is 11.0. The monoisotopic (exact) mass is 571 g/mol. The molecule has 5 saturated carbocycles. The zero-order chi connectivity index (χ0) is 29.4. The maximum Gasteiger partial charge on any atom is 0.308 e. The molecule has 5 aliphatic carbocycles. The normalized spacial score (nSPS) is 42.3. The van der Waals surface area contributed by atoms with E-state index in [0.717, 1.165) is 45.1 Å². The molecular formula is C36H61NO4. The molecule has 0 aromatic carbocycles. The van der Waals surface area contributed by atoms with Gasteiger partial charge >= 0.3 is 5.97 Å². The number of fused-ring (bicyclic) bond motifs is 5. The minimum Gasteiger partial charge on any atom is -0.462 e. The van der Waals surface area contributed by atoms with E-state index in [9.17, 15) is 14.7 Å². The molecule has 5 fully saturated rings.